The molecular formula is C22H27ClN8O6S. The number of aliphatic imine (C=N–C) groups is 1. The number of hydrazine groups is 1. The first-order valence-electron chi connectivity index (χ1n) is 11.2. The van der Waals surface area contributed by atoms with Gasteiger partial charge >= 0.3 is 0 Å². The van der Waals surface area contributed by atoms with Gasteiger partial charge in [-0.25, -0.2) is 28.4 Å². The number of methoxy groups -OCH3 is 2. The lowest BCUT2D eigenvalue weighted by Crippen LogP contribution is -2.52. The minimum Gasteiger partial charge on any atom is -0.481 e. The van der Waals surface area contributed by atoms with Crippen molar-refractivity contribution in [2.24, 2.45) is 4.99 Å². The van der Waals surface area contributed by atoms with Crippen LogP contribution in [0.4, 0.5) is 0 Å². The first-order valence-corrected chi connectivity index (χ1v) is 13.2. The minimum absolute atomic E-state index is 0.0228. The number of aromatic nitrogens is 4. The van der Waals surface area contributed by atoms with Gasteiger partial charge in [-0.3, -0.25) is 20.4 Å². The van der Waals surface area contributed by atoms with Gasteiger partial charge in [0.2, 0.25) is 21.9 Å². The molecule has 3 N–H and O–H groups in total. The molecule has 0 saturated heterocycles. The lowest BCUT2D eigenvalue weighted by Gasteiger charge is -2.23. The fraction of sp³-hybridized carbons (Fsp3) is 0.364. The molecule has 3 heterocycles. The maximum atomic E-state index is 13.3. The topological polar surface area (TPSA) is 183 Å². The average Bonchev–Trinajstić information content (AvgIpc) is 3.39. The number of aryl methyl sites for hydroxylation is 1. The van der Waals surface area contributed by atoms with Crippen LogP contribution in [0.2, 0.25) is 5.02 Å². The second-order valence-electron chi connectivity index (χ2n) is 7.72. The number of pyridine rings is 1. The van der Waals surface area contributed by atoms with Crippen LogP contribution in [0.3, 0.4) is 0 Å². The Labute approximate surface area is 224 Å². The van der Waals surface area contributed by atoms with Crippen molar-refractivity contribution in [3.8, 4) is 5.88 Å². The highest BCUT2D eigenvalue weighted by molar-refractivity contribution is 7.90. The van der Waals surface area contributed by atoms with Crippen molar-refractivity contribution in [3.63, 3.8) is 0 Å². The van der Waals surface area contributed by atoms with Gasteiger partial charge in [0.25, 0.3) is 5.91 Å². The molecule has 3 rings (SSSR count). The monoisotopic (exact) mass is 566 g/mol. The zero-order valence-electron chi connectivity index (χ0n) is 21.0. The van der Waals surface area contributed by atoms with E-state index in [0.717, 1.165) is 0 Å². The van der Waals surface area contributed by atoms with E-state index >= 15 is 0 Å². The molecule has 0 aliphatic heterocycles. The summed E-state index contributed by atoms with van der Waals surface area (Å²) in [5, 5.41) is 2.99. The fourth-order valence-electron chi connectivity index (χ4n) is 3.05. The van der Waals surface area contributed by atoms with Gasteiger partial charge in [-0.1, -0.05) is 29.7 Å². The minimum atomic E-state index is -4.17. The highest BCUT2D eigenvalue weighted by Gasteiger charge is 2.33. The Hall–Kier alpha value is -3.82. The van der Waals surface area contributed by atoms with E-state index in [4.69, 9.17) is 25.6 Å². The summed E-state index contributed by atoms with van der Waals surface area (Å²) in [5.74, 6) is -0.227. The molecule has 38 heavy (non-hydrogen) atoms. The largest absolute Gasteiger partial charge is 0.481 e. The lowest BCUT2D eigenvalue weighted by atomic mass is 10.2. The van der Waals surface area contributed by atoms with Gasteiger partial charge < -0.3 is 14.0 Å². The van der Waals surface area contributed by atoms with Crippen LogP contribution in [0.25, 0.3) is 0 Å². The molecule has 0 aliphatic carbocycles. The van der Waals surface area contributed by atoms with Crippen molar-refractivity contribution in [3.05, 3.63) is 64.7 Å². The van der Waals surface area contributed by atoms with Gasteiger partial charge in [0, 0.05) is 31.6 Å². The van der Waals surface area contributed by atoms with Crippen molar-refractivity contribution in [2.75, 3.05) is 14.2 Å². The van der Waals surface area contributed by atoms with Crippen LogP contribution in [0, 0.1) is 0 Å². The number of nitrogens with zero attached hydrogens (tertiary/aromatic N) is 5. The lowest BCUT2D eigenvalue weighted by molar-refractivity contribution is 0.0935. The second-order valence-corrected chi connectivity index (χ2v) is 10.2. The van der Waals surface area contributed by atoms with E-state index in [1.807, 2.05) is 6.92 Å². The summed E-state index contributed by atoms with van der Waals surface area (Å²) in [4.78, 5) is 29.0. The van der Waals surface area contributed by atoms with Crippen molar-refractivity contribution in [1.29, 1.82) is 0 Å². The Balaban J connectivity index is 1.81. The number of carbonyl (C=O) groups excluding carboxylic acids is 1. The summed E-state index contributed by atoms with van der Waals surface area (Å²) in [7, 11) is -1.42. The Morgan fingerprint density at radius 1 is 1.21 bits per heavy atom. The summed E-state index contributed by atoms with van der Waals surface area (Å²) in [6.07, 6.45) is 2.28. The van der Waals surface area contributed by atoms with Gasteiger partial charge in [-0.15, -0.1) is 0 Å². The summed E-state index contributed by atoms with van der Waals surface area (Å²) < 4.78 is 44.5. The summed E-state index contributed by atoms with van der Waals surface area (Å²) in [6.45, 7) is 3.24. The van der Waals surface area contributed by atoms with Crippen LogP contribution in [-0.2, 0) is 27.7 Å². The molecule has 0 aliphatic rings. The van der Waals surface area contributed by atoms with E-state index < -0.39 is 27.3 Å². The quantitative estimate of drug-likeness (QED) is 0.184. The molecule has 3 aromatic rings. The molecule has 14 nitrogen and oxygen atoms in total. The molecule has 0 unspecified atom stereocenters. The van der Waals surface area contributed by atoms with Crippen LogP contribution in [0.5, 0.6) is 5.88 Å². The average molecular weight is 567 g/mol. The Kier molecular flexibility index (Phi) is 9.92. The van der Waals surface area contributed by atoms with E-state index in [1.165, 1.54) is 39.6 Å². The molecule has 0 fully saturated rings. The smallest absolute Gasteiger partial charge is 0.288 e. The molecule has 0 spiro atoms. The molecule has 0 radical (unpaired) electrons. The third-order valence-electron chi connectivity index (χ3n) is 5.13. The van der Waals surface area contributed by atoms with Crippen LogP contribution in [0.15, 0.2) is 46.2 Å². The first-order chi connectivity index (χ1) is 18.2. The molecular weight excluding hydrogens is 540 g/mol. The fourth-order valence-corrected chi connectivity index (χ4v) is 4.28. The predicted molar refractivity (Wildman–Crippen MR) is 137 cm³/mol. The third kappa shape index (κ3) is 7.60. The third-order valence-corrected chi connectivity index (χ3v) is 7.03. The van der Waals surface area contributed by atoms with E-state index in [1.54, 1.807) is 18.2 Å². The standard InChI is InChI=1S/C22H27ClN8O6S/c1-5-15-9-16(37-30-15)12-26-22(29-28-21(32)17-7-6-8-18(27-17)35-3)31-38(33,34)13(2)19(36-4)20-24-10-14(23)11-25-20/h6-11,13,19H,5,12H2,1-4H3,(H,28,32)(H2,26,29,31)/t13-,19-/m0/s1. The van der Waals surface area contributed by atoms with E-state index in [2.05, 4.69) is 40.7 Å². The molecule has 204 valence electrons. The maximum absolute atomic E-state index is 13.3. The normalized spacial score (nSPS) is 13.4. The summed E-state index contributed by atoms with van der Waals surface area (Å²) in [6, 6.07) is 6.30. The molecule has 0 saturated carbocycles. The number of hydrogen-bond donors (Lipinski definition) is 3. The molecule has 1 amide bonds. The number of ether oxygens (including phenoxy) is 2. The number of carbonyl (C=O) groups is 1. The van der Waals surface area contributed by atoms with Gasteiger partial charge in [0.15, 0.2) is 11.6 Å². The molecule has 0 bridgehead atoms. The van der Waals surface area contributed by atoms with Crippen LogP contribution >= 0.6 is 11.6 Å². The maximum Gasteiger partial charge on any atom is 0.288 e. The van der Waals surface area contributed by atoms with Crippen LogP contribution in [0.1, 0.15) is 47.7 Å². The number of hydrogen-bond acceptors (Lipinski definition) is 11. The molecule has 3 aromatic heterocycles. The number of halogens is 1. The summed E-state index contributed by atoms with van der Waals surface area (Å²) in [5.41, 5.74) is 5.59. The van der Waals surface area contributed by atoms with E-state index in [0.29, 0.717) is 17.9 Å². The van der Waals surface area contributed by atoms with Crippen molar-refractivity contribution in [1.82, 2.24) is 35.7 Å². The molecule has 2 atom stereocenters. The SMILES string of the molecule is CCc1cc(CN=C(NNC(=O)c2cccc(OC)n2)NS(=O)(=O)[C@@H](C)[C@H](OC)c2ncc(Cl)cn2)on1. The second kappa shape index (κ2) is 13.1. The highest BCUT2D eigenvalue weighted by Crippen LogP contribution is 2.22. The van der Waals surface area contributed by atoms with Gasteiger partial charge in [-0.2, -0.15) is 0 Å². The van der Waals surface area contributed by atoms with Crippen LogP contribution < -0.4 is 20.3 Å². The number of amides is 1. The summed E-state index contributed by atoms with van der Waals surface area (Å²) >= 11 is 5.84. The number of sulfonamides is 1. The first kappa shape index (κ1) is 28.7. The van der Waals surface area contributed by atoms with E-state index in [9.17, 15) is 13.2 Å². The highest BCUT2D eigenvalue weighted by atomic mass is 35.5. The zero-order valence-corrected chi connectivity index (χ0v) is 22.6. The van der Waals surface area contributed by atoms with Crippen molar-refractivity contribution < 1.29 is 27.2 Å². The predicted octanol–water partition coefficient (Wildman–Crippen LogP) is 1.57. The van der Waals surface area contributed by atoms with Gasteiger partial charge in [0.05, 0.1) is 17.8 Å². The van der Waals surface area contributed by atoms with E-state index in [-0.39, 0.29) is 34.9 Å². The van der Waals surface area contributed by atoms with Crippen LogP contribution in [-0.4, -0.2) is 59.9 Å². The van der Waals surface area contributed by atoms with Gasteiger partial charge in [0.1, 0.15) is 23.6 Å². The number of guanidine groups is 1. The van der Waals surface area contributed by atoms with Gasteiger partial charge in [-0.05, 0) is 19.4 Å². The van der Waals surface area contributed by atoms with Crippen molar-refractivity contribution >= 4 is 33.5 Å². The Morgan fingerprint density at radius 3 is 2.58 bits per heavy atom. The Morgan fingerprint density at radius 2 is 1.95 bits per heavy atom. The Bertz CT molecular complexity index is 1370. The number of rotatable bonds is 10. The molecule has 0 aromatic carbocycles. The number of nitrogens with one attached hydrogen (secondary N) is 3. The zero-order chi connectivity index (χ0) is 27.7. The molecule has 16 heteroatoms. The van der Waals surface area contributed by atoms with Crippen molar-refractivity contribution in [2.45, 2.75) is 38.2 Å².